The number of piperidine rings is 3. The minimum Gasteiger partial charge on any atom is -0.379 e. The van der Waals surface area contributed by atoms with Gasteiger partial charge in [-0.15, -0.1) is 0 Å². The van der Waals surface area contributed by atoms with Crippen LogP contribution in [0.25, 0.3) is 0 Å². The standard InChI is InChI=1S/C23H33N5O3/c29-22-3-1-2-20-19-12-17(15-28(20)22)14-27(16-19)21-5-4-18(13-25-21)23(30)24-6-7-26-8-10-31-11-9-26/h4-5,13,17,19-20H,1-3,6-12,14-16H2,(H,24,30)/t17-,19-,20-/m1/s1. The summed E-state index contributed by atoms with van der Waals surface area (Å²) in [5.74, 6) is 2.26. The number of rotatable bonds is 5. The smallest absolute Gasteiger partial charge is 0.252 e. The van der Waals surface area contributed by atoms with Crippen molar-refractivity contribution >= 4 is 17.6 Å². The molecule has 0 aromatic carbocycles. The van der Waals surface area contributed by atoms with Gasteiger partial charge in [-0.2, -0.15) is 0 Å². The van der Waals surface area contributed by atoms with E-state index in [1.54, 1.807) is 6.20 Å². The Labute approximate surface area is 183 Å². The van der Waals surface area contributed by atoms with Crippen LogP contribution in [-0.2, 0) is 9.53 Å². The molecule has 8 nitrogen and oxygen atoms in total. The first-order valence-corrected chi connectivity index (χ1v) is 11.8. The zero-order chi connectivity index (χ0) is 21.2. The lowest BCUT2D eigenvalue weighted by atomic mass is 9.76. The second kappa shape index (κ2) is 9.12. The molecule has 4 aliphatic rings. The fourth-order valence-electron chi connectivity index (χ4n) is 5.76. The number of carbonyl (C=O) groups is 2. The first-order chi connectivity index (χ1) is 15.2. The topological polar surface area (TPSA) is 78.0 Å². The SMILES string of the molecule is O=C(NCCN1CCOCC1)c1ccc(N2C[C@H]3C[C@H](C2)[C@H]2CCCC(=O)N2C3)nc1. The first-order valence-electron chi connectivity index (χ1n) is 11.8. The van der Waals surface area contributed by atoms with Crippen molar-refractivity contribution in [2.45, 2.75) is 31.7 Å². The molecule has 0 unspecified atom stereocenters. The Morgan fingerprint density at radius 2 is 2.06 bits per heavy atom. The van der Waals surface area contributed by atoms with Crippen LogP contribution in [0.3, 0.4) is 0 Å². The third-order valence-electron chi connectivity index (χ3n) is 7.33. The van der Waals surface area contributed by atoms with E-state index in [9.17, 15) is 9.59 Å². The normalized spacial score (nSPS) is 28.9. The maximum atomic E-state index is 12.5. The van der Waals surface area contributed by atoms with E-state index in [4.69, 9.17) is 4.74 Å². The Hall–Kier alpha value is -2.19. The number of pyridine rings is 1. The lowest BCUT2D eigenvalue weighted by Gasteiger charge is -2.52. The zero-order valence-corrected chi connectivity index (χ0v) is 18.2. The third-order valence-corrected chi connectivity index (χ3v) is 7.33. The summed E-state index contributed by atoms with van der Waals surface area (Å²) in [5, 5.41) is 3.00. The van der Waals surface area contributed by atoms with Crippen LogP contribution in [0.15, 0.2) is 18.3 Å². The quantitative estimate of drug-likeness (QED) is 0.755. The highest BCUT2D eigenvalue weighted by Crippen LogP contribution is 2.38. The van der Waals surface area contributed by atoms with Gasteiger partial charge < -0.3 is 19.9 Å². The van der Waals surface area contributed by atoms with Crippen molar-refractivity contribution in [3.63, 3.8) is 0 Å². The minimum absolute atomic E-state index is 0.0702. The summed E-state index contributed by atoms with van der Waals surface area (Å²) in [7, 11) is 0. The van der Waals surface area contributed by atoms with E-state index in [0.29, 0.717) is 35.9 Å². The van der Waals surface area contributed by atoms with Crippen LogP contribution in [0.1, 0.15) is 36.0 Å². The number of hydrogen-bond donors (Lipinski definition) is 1. The average molecular weight is 428 g/mol. The van der Waals surface area contributed by atoms with Gasteiger partial charge in [-0.25, -0.2) is 4.98 Å². The summed E-state index contributed by atoms with van der Waals surface area (Å²) in [6.07, 6.45) is 5.79. The van der Waals surface area contributed by atoms with Crippen LogP contribution >= 0.6 is 0 Å². The van der Waals surface area contributed by atoms with E-state index in [1.807, 2.05) is 12.1 Å². The third kappa shape index (κ3) is 4.55. The van der Waals surface area contributed by atoms with Crippen LogP contribution < -0.4 is 10.2 Å². The van der Waals surface area contributed by atoms with E-state index < -0.39 is 0 Å². The predicted molar refractivity (Wildman–Crippen MR) is 117 cm³/mol. The molecule has 0 spiro atoms. The van der Waals surface area contributed by atoms with Gasteiger partial charge in [0.25, 0.3) is 5.91 Å². The average Bonchev–Trinajstić information content (AvgIpc) is 2.80. The molecule has 8 heteroatoms. The second-order valence-corrected chi connectivity index (χ2v) is 9.39. The number of anilines is 1. The molecular weight excluding hydrogens is 394 g/mol. The zero-order valence-electron chi connectivity index (χ0n) is 18.2. The Kier molecular flexibility index (Phi) is 6.09. The fourth-order valence-corrected chi connectivity index (χ4v) is 5.76. The van der Waals surface area contributed by atoms with Gasteiger partial charge in [0.2, 0.25) is 5.91 Å². The Morgan fingerprint density at radius 1 is 1.19 bits per heavy atom. The van der Waals surface area contributed by atoms with Crippen molar-refractivity contribution in [2.75, 3.05) is 63.9 Å². The van der Waals surface area contributed by atoms with Gasteiger partial charge in [-0.05, 0) is 43.2 Å². The number of nitrogens with zero attached hydrogens (tertiary/aromatic N) is 4. The summed E-state index contributed by atoms with van der Waals surface area (Å²) < 4.78 is 5.35. The molecule has 2 amide bonds. The molecule has 5 heterocycles. The van der Waals surface area contributed by atoms with E-state index in [-0.39, 0.29) is 5.91 Å². The maximum Gasteiger partial charge on any atom is 0.252 e. The van der Waals surface area contributed by atoms with Crippen molar-refractivity contribution in [3.05, 3.63) is 23.9 Å². The lowest BCUT2D eigenvalue weighted by Crippen LogP contribution is -2.60. The second-order valence-electron chi connectivity index (χ2n) is 9.39. The van der Waals surface area contributed by atoms with Crippen molar-refractivity contribution < 1.29 is 14.3 Å². The van der Waals surface area contributed by atoms with E-state index in [0.717, 1.165) is 77.6 Å². The van der Waals surface area contributed by atoms with E-state index in [2.05, 4.69) is 25.0 Å². The van der Waals surface area contributed by atoms with Gasteiger partial charge in [0.15, 0.2) is 0 Å². The van der Waals surface area contributed by atoms with Crippen LogP contribution in [0.4, 0.5) is 5.82 Å². The molecule has 1 aromatic rings. The Bertz CT molecular complexity index is 795. The summed E-state index contributed by atoms with van der Waals surface area (Å²) in [6.45, 7) is 7.64. The highest BCUT2D eigenvalue weighted by Gasteiger charge is 2.44. The summed E-state index contributed by atoms with van der Waals surface area (Å²) >= 11 is 0. The molecule has 168 valence electrons. The van der Waals surface area contributed by atoms with Crippen molar-refractivity contribution in [3.8, 4) is 0 Å². The van der Waals surface area contributed by atoms with Gasteiger partial charge in [-0.3, -0.25) is 14.5 Å². The molecular formula is C23H33N5O3. The molecule has 0 radical (unpaired) electrons. The highest BCUT2D eigenvalue weighted by molar-refractivity contribution is 5.94. The number of amides is 2. The molecule has 5 rings (SSSR count). The van der Waals surface area contributed by atoms with Crippen LogP contribution in [0, 0.1) is 11.8 Å². The molecule has 4 fully saturated rings. The Balaban J connectivity index is 1.16. The Morgan fingerprint density at radius 3 is 2.87 bits per heavy atom. The maximum absolute atomic E-state index is 12.5. The van der Waals surface area contributed by atoms with Gasteiger partial charge in [0.1, 0.15) is 5.82 Å². The van der Waals surface area contributed by atoms with E-state index >= 15 is 0 Å². The number of hydrogen-bond acceptors (Lipinski definition) is 6. The van der Waals surface area contributed by atoms with Crippen molar-refractivity contribution in [2.24, 2.45) is 11.8 Å². The molecule has 1 aromatic heterocycles. The van der Waals surface area contributed by atoms with Crippen molar-refractivity contribution in [1.29, 1.82) is 0 Å². The monoisotopic (exact) mass is 427 g/mol. The van der Waals surface area contributed by atoms with Gasteiger partial charge >= 0.3 is 0 Å². The van der Waals surface area contributed by atoms with Crippen LogP contribution in [0.2, 0.25) is 0 Å². The minimum atomic E-state index is -0.0702. The largest absolute Gasteiger partial charge is 0.379 e. The van der Waals surface area contributed by atoms with Crippen LogP contribution in [-0.4, -0.2) is 91.7 Å². The molecule has 4 aliphatic heterocycles. The number of carbonyl (C=O) groups excluding carboxylic acids is 2. The van der Waals surface area contributed by atoms with Crippen molar-refractivity contribution in [1.82, 2.24) is 20.1 Å². The molecule has 4 saturated heterocycles. The fraction of sp³-hybridized carbons (Fsp3) is 0.696. The molecule has 3 atom stereocenters. The number of ether oxygens (including phenoxy) is 1. The molecule has 2 bridgehead atoms. The van der Waals surface area contributed by atoms with E-state index in [1.165, 1.54) is 6.42 Å². The first kappa shape index (κ1) is 20.7. The summed E-state index contributed by atoms with van der Waals surface area (Å²) in [5.41, 5.74) is 0.604. The number of morpholine rings is 1. The summed E-state index contributed by atoms with van der Waals surface area (Å²) in [4.78, 5) is 36.3. The molecule has 0 aliphatic carbocycles. The number of nitrogens with one attached hydrogen (secondary N) is 1. The van der Waals surface area contributed by atoms with Gasteiger partial charge in [0.05, 0.1) is 18.8 Å². The molecule has 31 heavy (non-hydrogen) atoms. The van der Waals surface area contributed by atoms with Gasteiger partial charge in [-0.1, -0.05) is 0 Å². The lowest BCUT2D eigenvalue weighted by molar-refractivity contribution is -0.142. The van der Waals surface area contributed by atoms with Crippen LogP contribution in [0.5, 0.6) is 0 Å². The predicted octanol–water partition coefficient (Wildman–Crippen LogP) is 0.981. The summed E-state index contributed by atoms with van der Waals surface area (Å²) in [6, 6.07) is 4.26. The molecule has 1 N–H and O–H groups in total. The van der Waals surface area contributed by atoms with Gasteiger partial charge in [0, 0.05) is 64.5 Å². The number of aromatic nitrogens is 1. The number of fused-ring (bicyclic) bond motifs is 4. The molecule has 0 saturated carbocycles. The highest BCUT2D eigenvalue weighted by atomic mass is 16.5.